The number of methoxy groups -OCH3 is 1. The molecule has 0 aliphatic carbocycles. The number of nitro benzene ring substituents is 2. The average molecular weight is 408 g/mol. The number of rotatable bonds is 6. The molecule has 0 saturated carbocycles. The lowest BCUT2D eigenvalue weighted by Crippen LogP contribution is -2.08. The number of hydrogen-bond acceptors (Lipinski definition) is 8. The Kier molecular flexibility index (Phi) is 4.88. The molecule has 10 nitrogen and oxygen atoms in total. The van der Waals surface area contributed by atoms with E-state index in [4.69, 9.17) is 9.15 Å². The van der Waals surface area contributed by atoms with Gasteiger partial charge in [0.2, 0.25) is 0 Å². The van der Waals surface area contributed by atoms with E-state index in [9.17, 15) is 20.2 Å². The zero-order valence-electron chi connectivity index (χ0n) is 15.8. The van der Waals surface area contributed by atoms with Crippen LogP contribution in [-0.4, -0.2) is 22.7 Å². The van der Waals surface area contributed by atoms with Gasteiger partial charge in [-0.3, -0.25) is 25.7 Å². The van der Waals surface area contributed by atoms with E-state index in [1.54, 1.807) is 36.4 Å². The predicted octanol–water partition coefficient (Wildman–Crippen LogP) is 4.21. The number of ether oxygens (including phenoxy) is 1. The van der Waals surface area contributed by atoms with Crippen LogP contribution >= 0.6 is 0 Å². The summed E-state index contributed by atoms with van der Waals surface area (Å²) in [5, 5.41) is 26.5. The van der Waals surface area contributed by atoms with Crippen LogP contribution in [0.25, 0.3) is 11.3 Å². The lowest BCUT2D eigenvalue weighted by atomic mass is 10.0. The Hall–Kier alpha value is -4.21. The second-order valence-electron chi connectivity index (χ2n) is 6.59. The molecular weight excluding hydrogens is 392 g/mol. The first-order valence-electron chi connectivity index (χ1n) is 8.95. The highest BCUT2D eigenvalue weighted by molar-refractivity contribution is 6.01. The monoisotopic (exact) mass is 408 g/mol. The zero-order chi connectivity index (χ0) is 21.3. The van der Waals surface area contributed by atoms with Gasteiger partial charge in [-0.1, -0.05) is 0 Å². The van der Waals surface area contributed by atoms with Gasteiger partial charge in [0.25, 0.3) is 11.4 Å². The molecule has 0 amide bonds. The molecule has 0 fully saturated rings. The maximum atomic E-state index is 11.4. The van der Waals surface area contributed by atoms with Crippen molar-refractivity contribution in [3.05, 3.63) is 86.1 Å². The average Bonchev–Trinajstić information content (AvgIpc) is 3.43. The molecule has 30 heavy (non-hydrogen) atoms. The Labute approximate surface area is 170 Å². The Morgan fingerprint density at radius 1 is 1.07 bits per heavy atom. The lowest BCUT2D eigenvalue weighted by Gasteiger charge is -2.07. The second kappa shape index (κ2) is 7.66. The molecule has 0 bridgehead atoms. The summed E-state index contributed by atoms with van der Waals surface area (Å²) >= 11 is 0. The van der Waals surface area contributed by atoms with Gasteiger partial charge in [-0.15, -0.1) is 0 Å². The van der Waals surface area contributed by atoms with E-state index in [0.717, 1.165) is 11.3 Å². The molecule has 1 aliphatic heterocycles. The molecule has 2 heterocycles. The molecule has 1 N–H and O–H groups in total. The van der Waals surface area contributed by atoms with Crippen molar-refractivity contribution in [3.63, 3.8) is 0 Å². The van der Waals surface area contributed by atoms with E-state index in [1.165, 1.54) is 25.3 Å². The first-order chi connectivity index (χ1) is 14.5. The summed E-state index contributed by atoms with van der Waals surface area (Å²) in [6.45, 7) is 0. The van der Waals surface area contributed by atoms with Crippen molar-refractivity contribution in [2.24, 2.45) is 5.10 Å². The molecule has 3 aromatic rings. The maximum absolute atomic E-state index is 11.4. The standard InChI is InChI=1S/C20H16N4O6/c1-29-14-6-7-15(18(10-14)24(27)28)19-8-9-20(30-19)17-11-16(21-22-17)12-2-4-13(5-3-12)23(25)26/h2-10,17,22H,11H2,1H3. The fourth-order valence-corrected chi connectivity index (χ4v) is 3.25. The van der Waals surface area contributed by atoms with Crippen LogP contribution in [0.2, 0.25) is 0 Å². The number of nitrogens with one attached hydrogen (secondary N) is 1. The minimum atomic E-state index is -0.482. The van der Waals surface area contributed by atoms with Gasteiger partial charge >= 0.3 is 0 Å². The molecule has 4 rings (SSSR count). The van der Waals surface area contributed by atoms with Crippen molar-refractivity contribution in [2.75, 3.05) is 7.11 Å². The highest BCUT2D eigenvalue weighted by Gasteiger charge is 2.26. The minimum Gasteiger partial charge on any atom is -0.497 e. The molecule has 152 valence electrons. The van der Waals surface area contributed by atoms with E-state index in [2.05, 4.69) is 10.5 Å². The maximum Gasteiger partial charge on any atom is 0.284 e. The molecule has 2 aromatic carbocycles. The topological polar surface area (TPSA) is 133 Å². The summed E-state index contributed by atoms with van der Waals surface area (Å²) in [5.41, 5.74) is 4.74. The van der Waals surface area contributed by atoms with Crippen molar-refractivity contribution in [2.45, 2.75) is 12.5 Å². The normalized spacial score (nSPS) is 15.4. The van der Waals surface area contributed by atoms with Crippen molar-refractivity contribution >= 4 is 17.1 Å². The molecular formula is C20H16N4O6. The van der Waals surface area contributed by atoms with Gasteiger partial charge < -0.3 is 9.15 Å². The van der Waals surface area contributed by atoms with Crippen molar-refractivity contribution in [1.29, 1.82) is 0 Å². The smallest absolute Gasteiger partial charge is 0.284 e. The molecule has 1 aliphatic rings. The summed E-state index contributed by atoms with van der Waals surface area (Å²) in [6, 6.07) is 13.9. The van der Waals surface area contributed by atoms with Gasteiger partial charge in [-0.05, 0) is 42.0 Å². The Morgan fingerprint density at radius 2 is 1.83 bits per heavy atom. The lowest BCUT2D eigenvalue weighted by molar-refractivity contribution is -0.384. The molecule has 1 atom stereocenters. The van der Waals surface area contributed by atoms with Crippen LogP contribution in [0.1, 0.15) is 23.8 Å². The summed E-state index contributed by atoms with van der Waals surface area (Å²) in [4.78, 5) is 21.3. The number of nitro groups is 2. The van der Waals surface area contributed by atoms with Crippen LogP contribution in [0, 0.1) is 20.2 Å². The molecule has 1 unspecified atom stereocenters. The molecule has 0 saturated heterocycles. The summed E-state index contributed by atoms with van der Waals surface area (Å²) < 4.78 is 10.9. The van der Waals surface area contributed by atoms with Gasteiger partial charge in [0, 0.05) is 18.6 Å². The number of hydrazone groups is 1. The molecule has 10 heteroatoms. The van der Waals surface area contributed by atoms with Gasteiger partial charge in [-0.25, -0.2) is 0 Å². The minimum absolute atomic E-state index is 0.0126. The number of benzene rings is 2. The van der Waals surface area contributed by atoms with Crippen molar-refractivity contribution in [1.82, 2.24) is 5.43 Å². The van der Waals surface area contributed by atoms with Crippen LogP contribution in [0.5, 0.6) is 5.75 Å². The summed E-state index contributed by atoms with van der Waals surface area (Å²) in [5.74, 6) is 1.33. The molecule has 1 aromatic heterocycles. The quantitative estimate of drug-likeness (QED) is 0.477. The Balaban J connectivity index is 1.53. The second-order valence-corrected chi connectivity index (χ2v) is 6.59. The van der Waals surface area contributed by atoms with E-state index in [1.807, 2.05) is 0 Å². The van der Waals surface area contributed by atoms with Crippen molar-refractivity contribution < 1.29 is 19.0 Å². The summed E-state index contributed by atoms with van der Waals surface area (Å²) in [7, 11) is 1.44. The van der Waals surface area contributed by atoms with E-state index in [-0.39, 0.29) is 17.4 Å². The van der Waals surface area contributed by atoms with Crippen LogP contribution in [-0.2, 0) is 0 Å². The molecule has 0 radical (unpaired) electrons. The fourth-order valence-electron chi connectivity index (χ4n) is 3.25. The number of non-ortho nitro benzene ring substituents is 1. The third kappa shape index (κ3) is 3.58. The number of hydrogen-bond donors (Lipinski definition) is 1. The highest BCUT2D eigenvalue weighted by Crippen LogP contribution is 2.36. The molecule has 0 spiro atoms. The van der Waals surface area contributed by atoms with E-state index < -0.39 is 9.85 Å². The van der Waals surface area contributed by atoms with Gasteiger partial charge in [0.05, 0.1) is 34.3 Å². The van der Waals surface area contributed by atoms with Crippen LogP contribution in [0.3, 0.4) is 0 Å². The number of furan rings is 1. The van der Waals surface area contributed by atoms with Crippen LogP contribution in [0.15, 0.2) is 64.1 Å². The van der Waals surface area contributed by atoms with Crippen LogP contribution < -0.4 is 10.2 Å². The first-order valence-corrected chi connectivity index (χ1v) is 8.95. The Morgan fingerprint density at radius 3 is 2.50 bits per heavy atom. The Bertz CT molecular complexity index is 1150. The first kappa shape index (κ1) is 19.1. The van der Waals surface area contributed by atoms with Gasteiger partial charge in [0.15, 0.2) is 0 Å². The summed E-state index contributed by atoms with van der Waals surface area (Å²) in [6.07, 6.45) is 0.509. The van der Waals surface area contributed by atoms with Crippen molar-refractivity contribution in [3.8, 4) is 17.1 Å². The third-order valence-electron chi connectivity index (χ3n) is 4.80. The van der Waals surface area contributed by atoms with Crippen LogP contribution in [0.4, 0.5) is 11.4 Å². The predicted molar refractivity (Wildman–Crippen MR) is 107 cm³/mol. The zero-order valence-corrected chi connectivity index (χ0v) is 15.8. The number of nitrogens with zero attached hydrogens (tertiary/aromatic N) is 3. The van der Waals surface area contributed by atoms with E-state index in [0.29, 0.717) is 29.3 Å². The fraction of sp³-hybridized carbons (Fsp3) is 0.150. The third-order valence-corrected chi connectivity index (χ3v) is 4.80. The largest absolute Gasteiger partial charge is 0.497 e. The SMILES string of the molecule is COc1ccc(-c2ccc(C3CC(c4ccc([N+](=O)[O-])cc4)=NN3)o2)c([N+](=O)[O-])c1. The van der Waals surface area contributed by atoms with Gasteiger partial charge in [0.1, 0.15) is 23.3 Å². The van der Waals surface area contributed by atoms with E-state index >= 15 is 0 Å². The van der Waals surface area contributed by atoms with Gasteiger partial charge in [-0.2, -0.15) is 5.10 Å². The highest BCUT2D eigenvalue weighted by atomic mass is 16.6.